The molecule has 1 N–H and O–H groups in total. The highest BCUT2D eigenvalue weighted by atomic mass is 32.1. The third-order valence-corrected chi connectivity index (χ3v) is 3.90. The molecular weight excluding hydrogens is 202 g/mol. The van der Waals surface area contributed by atoms with Gasteiger partial charge in [-0.3, -0.25) is 0 Å². The molecular formula is C13H23NS. The third kappa shape index (κ3) is 4.35. The van der Waals surface area contributed by atoms with Crippen molar-refractivity contribution in [3.8, 4) is 0 Å². The summed E-state index contributed by atoms with van der Waals surface area (Å²) in [5.74, 6) is 0. The highest BCUT2D eigenvalue weighted by molar-refractivity contribution is 7.12. The second kappa shape index (κ2) is 6.29. The van der Waals surface area contributed by atoms with Crippen LogP contribution in [-0.2, 0) is 0 Å². The van der Waals surface area contributed by atoms with Crippen molar-refractivity contribution in [1.29, 1.82) is 0 Å². The predicted octanol–water partition coefficient (Wildman–Crippen LogP) is 4.29. The molecule has 0 saturated carbocycles. The van der Waals surface area contributed by atoms with Gasteiger partial charge >= 0.3 is 0 Å². The summed E-state index contributed by atoms with van der Waals surface area (Å²) in [6.07, 6.45) is 3.90. The third-order valence-electron chi connectivity index (χ3n) is 2.71. The molecule has 0 aliphatic rings. The topological polar surface area (TPSA) is 12.0 Å². The molecule has 1 aromatic rings. The Kier molecular flexibility index (Phi) is 5.34. The van der Waals surface area contributed by atoms with Gasteiger partial charge < -0.3 is 5.32 Å². The van der Waals surface area contributed by atoms with E-state index < -0.39 is 0 Å². The van der Waals surface area contributed by atoms with Gasteiger partial charge in [-0.25, -0.2) is 0 Å². The number of thiophene rings is 1. The summed E-state index contributed by atoms with van der Waals surface area (Å²) >= 11 is 1.90. The van der Waals surface area contributed by atoms with Gasteiger partial charge in [0.2, 0.25) is 0 Å². The maximum absolute atomic E-state index is 3.65. The molecule has 86 valence electrons. The van der Waals surface area contributed by atoms with E-state index in [1.807, 2.05) is 11.3 Å². The molecule has 0 radical (unpaired) electrons. The lowest BCUT2D eigenvalue weighted by Crippen LogP contribution is -2.28. The Morgan fingerprint density at radius 3 is 2.60 bits per heavy atom. The fourth-order valence-corrected chi connectivity index (χ4v) is 2.68. The fourth-order valence-electron chi connectivity index (χ4n) is 1.79. The minimum Gasteiger partial charge on any atom is -0.307 e. The maximum atomic E-state index is 3.65. The van der Waals surface area contributed by atoms with Gasteiger partial charge in [0.05, 0.1) is 0 Å². The van der Waals surface area contributed by atoms with Crippen LogP contribution in [0.4, 0.5) is 0 Å². The summed E-state index contributed by atoms with van der Waals surface area (Å²) in [5.41, 5.74) is 0. The molecule has 0 aromatic carbocycles. The van der Waals surface area contributed by atoms with Crippen LogP contribution < -0.4 is 5.32 Å². The first-order chi connectivity index (χ1) is 7.13. The van der Waals surface area contributed by atoms with E-state index in [0.717, 1.165) is 0 Å². The van der Waals surface area contributed by atoms with Gasteiger partial charge in [-0.1, -0.05) is 19.8 Å². The van der Waals surface area contributed by atoms with E-state index in [1.54, 1.807) is 0 Å². The minimum absolute atomic E-state index is 0.496. The predicted molar refractivity (Wildman–Crippen MR) is 69.6 cm³/mol. The second-order valence-electron chi connectivity index (χ2n) is 4.38. The van der Waals surface area contributed by atoms with Crippen LogP contribution in [-0.4, -0.2) is 6.04 Å². The van der Waals surface area contributed by atoms with Crippen molar-refractivity contribution in [3.05, 3.63) is 21.9 Å². The number of aryl methyl sites for hydroxylation is 1. The molecule has 2 heteroatoms. The average molecular weight is 225 g/mol. The van der Waals surface area contributed by atoms with Crippen molar-refractivity contribution >= 4 is 11.3 Å². The summed E-state index contributed by atoms with van der Waals surface area (Å²) in [6, 6.07) is 5.57. The minimum atomic E-state index is 0.496. The van der Waals surface area contributed by atoms with Crippen molar-refractivity contribution in [1.82, 2.24) is 5.32 Å². The molecule has 0 aliphatic carbocycles. The van der Waals surface area contributed by atoms with E-state index in [0.29, 0.717) is 12.1 Å². The zero-order chi connectivity index (χ0) is 11.3. The summed E-state index contributed by atoms with van der Waals surface area (Å²) in [7, 11) is 0. The van der Waals surface area contributed by atoms with Gasteiger partial charge in [0.1, 0.15) is 0 Å². The molecule has 2 atom stereocenters. The molecule has 0 saturated heterocycles. The van der Waals surface area contributed by atoms with Crippen LogP contribution in [0.5, 0.6) is 0 Å². The highest BCUT2D eigenvalue weighted by Gasteiger charge is 2.10. The number of rotatable bonds is 6. The van der Waals surface area contributed by atoms with Crippen LogP contribution in [0.25, 0.3) is 0 Å². The normalized spacial score (nSPS) is 15.2. The molecule has 0 aliphatic heterocycles. The summed E-state index contributed by atoms with van der Waals surface area (Å²) in [4.78, 5) is 2.86. The second-order valence-corrected chi connectivity index (χ2v) is 5.70. The lowest BCUT2D eigenvalue weighted by molar-refractivity contribution is 0.448. The standard InChI is InChI=1S/C13H23NS/c1-5-6-7-10(2)14-12(4)13-9-8-11(3)15-13/h8-10,12,14H,5-7H2,1-4H3. The SMILES string of the molecule is CCCCC(C)NC(C)c1ccc(C)s1. The lowest BCUT2D eigenvalue weighted by atomic mass is 10.1. The van der Waals surface area contributed by atoms with Crippen molar-refractivity contribution in [2.24, 2.45) is 0 Å². The first kappa shape index (κ1) is 12.7. The quantitative estimate of drug-likeness (QED) is 0.761. The fraction of sp³-hybridized carbons (Fsp3) is 0.692. The molecule has 1 rings (SSSR count). The van der Waals surface area contributed by atoms with Gasteiger partial charge in [-0.05, 0) is 39.3 Å². The summed E-state index contributed by atoms with van der Waals surface area (Å²) in [5, 5.41) is 3.65. The Morgan fingerprint density at radius 2 is 2.07 bits per heavy atom. The van der Waals surface area contributed by atoms with E-state index in [9.17, 15) is 0 Å². The van der Waals surface area contributed by atoms with Gasteiger partial charge in [0, 0.05) is 21.8 Å². The Morgan fingerprint density at radius 1 is 1.33 bits per heavy atom. The van der Waals surface area contributed by atoms with E-state index in [-0.39, 0.29) is 0 Å². The Balaban J connectivity index is 2.38. The van der Waals surface area contributed by atoms with Crippen molar-refractivity contribution in [2.75, 3.05) is 0 Å². The molecule has 1 aromatic heterocycles. The lowest BCUT2D eigenvalue weighted by Gasteiger charge is -2.18. The maximum Gasteiger partial charge on any atom is 0.0388 e. The first-order valence-corrected chi connectivity index (χ1v) is 6.77. The Bertz CT molecular complexity index is 280. The number of unbranched alkanes of at least 4 members (excludes halogenated alkanes) is 1. The van der Waals surface area contributed by atoms with Crippen LogP contribution in [0, 0.1) is 6.92 Å². The van der Waals surface area contributed by atoms with Crippen molar-refractivity contribution in [3.63, 3.8) is 0 Å². The zero-order valence-corrected chi connectivity index (χ0v) is 11.2. The average Bonchev–Trinajstić information content (AvgIpc) is 2.61. The van der Waals surface area contributed by atoms with Gasteiger partial charge in [-0.2, -0.15) is 0 Å². The first-order valence-electron chi connectivity index (χ1n) is 5.96. The number of hydrogen-bond acceptors (Lipinski definition) is 2. The monoisotopic (exact) mass is 225 g/mol. The molecule has 1 heterocycles. The Hall–Kier alpha value is -0.340. The van der Waals surface area contributed by atoms with Gasteiger partial charge in [-0.15, -0.1) is 11.3 Å². The molecule has 2 unspecified atom stereocenters. The highest BCUT2D eigenvalue weighted by Crippen LogP contribution is 2.22. The van der Waals surface area contributed by atoms with Crippen LogP contribution >= 0.6 is 11.3 Å². The van der Waals surface area contributed by atoms with Crippen LogP contribution in [0.3, 0.4) is 0 Å². The number of hydrogen-bond donors (Lipinski definition) is 1. The number of nitrogens with one attached hydrogen (secondary N) is 1. The Labute approximate surface area is 97.9 Å². The van der Waals surface area contributed by atoms with Crippen LogP contribution in [0.2, 0.25) is 0 Å². The molecule has 0 amide bonds. The molecule has 0 fully saturated rings. The molecule has 1 nitrogen and oxygen atoms in total. The molecule has 0 spiro atoms. The molecule has 0 bridgehead atoms. The smallest absolute Gasteiger partial charge is 0.0388 e. The van der Waals surface area contributed by atoms with Crippen molar-refractivity contribution in [2.45, 2.75) is 59.0 Å². The van der Waals surface area contributed by atoms with E-state index in [2.05, 4.69) is 45.1 Å². The van der Waals surface area contributed by atoms with Gasteiger partial charge in [0.15, 0.2) is 0 Å². The van der Waals surface area contributed by atoms with E-state index in [1.165, 1.54) is 29.0 Å². The van der Waals surface area contributed by atoms with Gasteiger partial charge in [0.25, 0.3) is 0 Å². The molecule has 15 heavy (non-hydrogen) atoms. The van der Waals surface area contributed by atoms with E-state index in [4.69, 9.17) is 0 Å². The summed E-state index contributed by atoms with van der Waals surface area (Å²) < 4.78 is 0. The van der Waals surface area contributed by atoms with Crippen molar-refractivity contribution < 1.29 is 0 Å². The van der Waals surface area contributed by atoms with E-state index >= 15 is 0 Å². The van der Waals surface area contributed by atoms with Crippen LogP contribution in [0.15, 0.2) is 12.1 Å². The van der Waals surface area contributed by atoms with Crippen LogP contribution in [0.1, 0.15) is 55.8 Å². The zero-order valence-electron chi connectivity index (χ0n) is 10.3. The largest absolute Gasteiger partial charge is 0.307 e. The summed E-state index contributed by atoms with van der Waals surface area (Å²) in [6.45, 7) is 8.96.